The van der Waals surface area contributed by atoms with Crippen LogP contribution in [0.1, 0.15) is 11.4 Å². The summed E-state index contributed by atoms with van der Waals surface area (Å²) >= 11 is 11.8. The van der Waals surface area contributed by atoms with Crippen molar-refractivity contribution in [2.45, 2.75) is 6.42 Å². The number of phenolic OH excluding ortho intramolecular Hbond substituents is 1. The van der Waals surface area contributed by atoms with Gasteiger partial charge in [-0.1, -0.05) is 40.5 Å². The van der Waals surface area contributed by atoms with Gasteiger partial charge in [0.15, 0.2) is 5.82 Å². The first-order valence-electron chi connectivity index (χ1n) is 6.18. The molecule has 2 aromatic carbocycles. The summed E-state index contributed by atoms with van der Waals surface area (Å²) in [5.41, 5.74) is 1.39. The van der Waals surface area contributed by atoms with Crippen LogP contribution >= 0.6 is 23.2 Å². The average Bonchev–Trinajstić information content (AvgIpc) is 2.90. The molecular formula is C15H10Cl2N2O2. The largest absolute Gasteiger partial charge is 0.507 e. The number of nitrogens with zero attached hydrogens (tertiary/aromatic N) is 2. The fourth-order valence-corrected chi connectivity index (χ4v) is 2.33. The molecule has 0 aliphatic carbocycles. The van der Waals surface area contributed by atoms with Crippen molar-refractivity contribution >= 4 is 23.2 Å². The highest BCUT2D eigenvalue weighted by atomic mass is 35.5. The van der Waals surface area contributed by atoms with E-state index in [1.54, 1.807) is 18.2 Å². The van der Waals surface area contributed by atoms with Gasteiger partial charge in [0, 0.05) is 16.5 Å². The van der Waals surface area contributed by atoms with Crippen LogP contribution in [0.3, 0.4) is 0 Å². The lowest BCUT2D eigenvalue weighted by atomic mass is 10.1. The van der Waals surface area contributed by atoms with Crippen LogP contribution < -0.4 is 0 Å². The van der Waals surface area contributed by atoms with Crippen molar-refractivity contribution < 1.29 is 9.63 Å². The minimum absolute atomic E-state index is 0.0392. The van der Waals surface area contributed by atoms with Gasteiger partial charge in [-0.15, -0.1) is 0 Å². The van der Waals surface area contributed by atoms with Crippen molar-refractivity contribution in [3.8, 4) is 17.2 Å². The molecule has 6 heteroatoms. The lowest BCUT2D eigenvalue weighted by molar-refractivity contribution is 0.418. The second-order valence-corrected chi connectivity index (χ2v) is 5.36. The van der Waals surface area contributed by atoms with Crippen LogP contribution in [0.25, 0.3) is 11.5 Å². The third-order valence-electron chi connectivity index (χ3n) is 2.91. The van der Waals surface area contributed by atoms with Crippen LogP contribution in [0.5, 0.6) is 5.75 Å². The maximum atomic E-state index is 9.82. The van der Waals surface area contributed by atoms with Gasteiger partial charge in [0.05, 0.1) is 5.56 Å². The van der Waals surface area contributed by atoms with Crippen LogP contribution in [0, 0.1) is 0 Å². The first-order chi connectivity index (χ1) is 10.1. The number of aromatic nitrogens is 2. The summed E-state index contributed by atoms with van der Waals surface area (Å²) < 4.78 is 5.18. The van der Waals surface area contributed by atoms with Gasteiger partial charge in [-0.25, -0.2) is 0 Å². The van der Waals surface area contributed by atoms with Crippen molar-refractivity contribution in [2.24, 2.45) is 0 Å². The molecule has 0 bridgehead atoms. The minimum Gasteiger partial charge on any atom is -0.507 e. The third kappa shape index (κ3) is 3.17. The van der Waals surface area contributed by atoms with E-state index in [4.69, 9.17) is 27.7 Å². The number of aromatic hydroxyl groups is 1. The second kappa shape index (κ2) is 5.76. The van der Waals surface area contributed by atoms with Gasteiger partial charge in [-0.3, -0.25) is 0 Å². The quantitative estimate of drug-likeness (QED) is 0.779. The zero-order valence-electron chi connectivity index (χ0n) is 10.8. The summed E-state index contributed by atoms with van der Waals surface area (Å²) in [5.74, 6) is 0.774. The second-order valence-electron chi connectivity index (χ2n) is 4.48. The Bertz CT molecular complexity index is 787. The monoisotopic (exact) mass is 320 g/mol. The summed E-state index contributed by atoms with van der Waals surface area (Å²) in [4.78, 5) is 4.27. The lowest BCUT2D eigenvalue weighted by Crippen LogP contribution is -1.90. The highest BCUT2D eigenvalue weighted by Crippen LogP contribution is 2.30. The van der Waals surface area contributed by atoms with Crippen molar-refractivity contribution in [2.75, 3.05) is 0 Å². The molecule has 1 heterocycles. The molecule has 0 amide bonds. The third-order valence-corrected chi connectivity index (χ3v) is 3.38. The first kappa shape index (κ1) is 13.9. The van der Waals surface area contributed by atoms with E-state index < -0.39 is 0 Å². The number of hydrogen-bond acceptors (Lipinski definition) is 4. The topological polar surface area (TPSA) is 59.2 Å². The predicted molar refractivity (Wildman–Crippen MR) is 80.7 cm³/mol. The maximum Gasteiger partial charge on any atom is 0.261 e. The number of rotatable bonds is 3. The van der Waals surface area contributed by atoms with Crippen LogP contribution in [0.2, 0.25) is 10.0 Å². The lowest BCUT2D eigenvalue weighted by Gasteiger charge is -1.99. The molecule has 0 spiro atoms. The molecule has 0 fully saturated rings. The SMILES string of the molecule is Oc1ccc(Cl)cc1-c1nc(Cc2cccc(Cl)c2)no1. The van der Waals surface area contributed by atoms with Gasteiger partial charge in [-0.05, 0) is 35.9 Å². The minimum atomic E-state index is 0.0392. The Kier molecular flexibility index (Phi) is 3.82. The molecule has 1 aromatic heterocycles. The number of benzene rings is 2. The van der Waals surface area contributed by atoms with E-state index in [0.717, 1.165) is 5.56 Å². The Morgan fingerprint density at radius 3 is 2.67 bits per heavy atom. The Morgan fingerprint density at radius 1 is 1.05 bits per heavy atom. The molecule has 21 heavy (non-hydrogen) atoms. The van der Waals surface area contributed by atoms with E-state index >= 15 is 0 Å². The summed E-state index contributed by atoms with van der Waals surface area (Å²) in [6.07, 6.45) is 0.491. The molecule has 3 aromatic rings. The molecule has 0 radical (unpaired) electrons. The van der Waals surface area contributed by atoms with E-state index in [1.165, 1.54) is 6.07 Å². The van der Waals surface area contributed by atoms with Crippen LogP contribution in [0.15, 0.2) is 47.0 Å². The highest BCUT2D eigenvalue weighted by Gasteiger charge is 2.13. The fraction of sp³-hybridized carbons (Fsp3) is 0.0667. The number of phenols is 1. The fourth-order valence-electron chi connectivity index (χ4n) is 1.94. The molecule has 4 nitrogen and oxygen atoms in total. The maximum absolute atomic E-state index is 9.82. The van der Waals surface area contributed by atoms with Crippen LogP contribution in [-0.2, 0) is 6.42 Å². The van der Waals surface area contributed by atoms with Gasteiger partial charge in [0.25, 0.3) is 5.89 Å². The van der Waals surface area contributed by atoms with Gasteiger partial charge in [0.2, 0.25) is 0 Å². The molecule has 0 saturated carbocycles. The molecule has 0 unspecified atom stereocenters. The standard InChI is InChI=1S/C15H10Cl2N2O2/c16-10-3-1-2-9(6-10)7-14-18-15(21-19-14)12-8-11(17)4-5-13(12)20/h1-6,8,20H,7H2. The molecule has 1 N–H and O–H groups in total. The molecule has 0 aliphatic rings. The Morgan fingerprint density at radius 2 is 1.86 bits per heavy atom. The van der Waals surface area contributed by atoms with Gasteiger partial charge >= 0.3 is 0 Å². The molecule has 0 atom stereocenters. The van der Waals surface area contributed by atoms with Crippen molar-refractivity contribution in [1.29, 1.82) is 0 Å². The van der Waals surface area contributed by atoms with E-state index in [-0.39, 0.29) is 11.6 Å². The van der Waals surface area contributed by atoms with Crippen LogP contribution in [-0.4, -0.2) is 15.2 Å². The molecule has 106 valence electrons. The van der Waals surface area contributed by atoms with E-state index in [0.29, 0.717) is 27.9 Å². The number of halogens is 2. The average molecular weight is 321 g/mol. The molecule has 3 rings (SSSR count). The zero-order valence-corrected chi connectivity index (χ0v) is 12.3. The normalized spacial score (nSPS) is 10.8. The van der Waals surface area contributed by atoms with Gasteiger partial charge < -0.3 is 9.63 Å². The zero-order chi connectivity index (χ0) is 14.8. The van der Waals surface area contributed by atoms with Crippen molar-refractivity contribution in [3.05, 3.63) is 63.9 Å². The van der Waals surface area contributed by atoms with Crippen LogP contribution in [0.4, 0.5) is 0 Å². The van der Waals surface area contributed by atoms with Gasteiger partial charge in [-0.2, -0.15) is 4.98 Å². The highest BCUT2D eigenvalue weighted by molar-refractivity contribution is 6.31. The summed E-state index contributed by atoms with van der Waals surface area (Å²) in [7, 11) is 0. The van der Waals surface area contributed by atoms with Crippen molar-refractivity contribution in [1.82, 2.24) is 10.1 Å². The Labute approximate surface area is 130 Å². The summed E-state index contributed by atoms with van der Waals surface area (Å²) in [5, 5.41) is 14.9. The smallest absolute Gasteiger partial charge is 0.261 e. The first-order valence-corrected chi connectivity index (χ1v) is 6.93. The number of hydrogen-bond donors (Lipinski definition) is 1. The molecule has 0 aliphatic heterocycles. The van der Waals surface area contributed by atoms with E-state index in [2.05, 4.69) is 10.1 Å². The van der Waals surface area contributed by atoms with Crippen molar-refractivity contribution in [3.63, 3.8) is 0 Å². The van der Waals surface area contributed by atoms with Gasteiger partial charge in [0.1, 0.15) is 5.75 Å². The Hall–Kier alpha value is -2.04. The predicted octanol–water partition coefficient (Wildman–Crippen LogP) is 4.34. The summed E-state index contributed by atoms with van der Waals surface area (Å²) in [6.45, 7) is 0. The Balaban J connectivity index is 1.88. The molecular weight excluding hydrogens is 311 g/mol. The van der Waals surface area contributed by atoms with E-state index in [1.807, 2.05) is 18.2 Å². The molecule has 0 saturated heterocycles. The summed E-state index contributed by atoms with van der Waals surface area (Å²) in [6, 6.07) is 12.1. The van der Waals surface area contributed by atoms with E-state index in [9.17, 15) is 5.11 Å².